The molecular weight excluding hydrogens is 126 g/mol. The number of hydrogen-bond donors (Lipinski definition) is 0. The first-order valence-electron chi connectivity index (χ1n) is 3.72. The van der Waals surface area contributed by atoms with Crippen molar-refractivity contribution in [2.24, 2.45) is 5.41 Å². The van der Waals surface area contributed by atoms with Crippen molar-refractivity contribution >= 4 is 5.91 Å². The number of carbonyl (C=O) groups is 1. The fraction of sp³-hybridized carbons (Fsp3) is 0.625. The van der Waals surface area contributed by atoms with Crippen LogP contribution in [0.25, 0.3) is 0 Å². The van der Waals surface area contributed by atoms with Crippen LogP contribution in [0.3, 0.4) is 0 Å². The topological polar surface area (TPSA) is 20.3 Å². The Balaban J connectivity index is 2.19. The minimum atomic E-state index is 0.0915. The highest BCUT2D eigenvalue weighted by Gasteiger charge is 2.54. The Kier molecular flexibility index (Phi) is 0.967. The van der Waals surface area contributed by atoms with Gasteiger partial charge in [-0.1, -0.05) is 6.58 Å². The largest absolute Gasteiger partial charge is 0.319 e. The Bertz CT molecular complexity index is 193. The molecule has 1 spiro atoms. The van der Waals surface area contributed by atoms with Crippen molar-refractivity contribution in [3.63, 3.8) is 0 Å². The summed E-state index contributed by atoms with van der Waals surface area (Å²) in [7, 11) is 0. The molecule has 2 aliphatic rings. The zero-order valence-corrected chi connectivity index (χ0v) is 5.97. The van der Waals surface area contributed by atoms with Crippen molar-refractivity contribution in [1.82, 2.24) is 4.90 Å². The molecule has 10 heavy (non-hydrogen) atoms. The van der Waals surface area contributed by atoms with Gasteiger partial charge in [-0.05, 0) is 25.5 Å². The predicted octanol–water partition coefficient (Wildman–Crippen LogP) is 1.14. The molecule has 0 N–H and O–H groups in total. The second-order valence-electron chi connectivity index (χ2n) is 3.21. The van der Waals surface area contributed by atoms with E-state index in [0.717, 1.165) is 25.8 Å². The molecule has 0 aromatic rings. The number of nitrogens with zero attached hydrogens (tertiary/aromatic N) is 1. The monoisotopic (exact) mass is 137 g/mol. The summed E-state index contributed by atoms with van der Waals surface area (Å²) in [5.41, 5.74) is 0.0915. The van der Waals surface area contributed by atoms with Crippen molar-refractivity contribution in [3.8, 4) is 0 Å². The Labute approximate surface area is 60.5 Å². The Morgan fingerprint density at radius 1 is 1.50 bits per heavy atom. The maximum Gasteiger partial charge on any atom is 0.232 e. The normalized spacial score (nSPS) is 27.6. The zero-order chi connectivity index (χ0) is 7.19. The predicted molar refractivity (Wildman–Crippen MR) is 38.2 cm³/mol. The first-order chi connectivity index (χ1) is 4.78. The first kappa shape index (κ1) is 5.96. The molecule has 0 aromatic carbocycles. The van der Waals surface area contributed by atoms with Gasteiger partial charge in [-0.3, -0.25) is 4.79 Å². The van der Waals surface area contributed by atoms with Gasteiger partial charge in [0.2, 0.25) is 5.91 Å². The maximum atomic E-state index is 11.4. The lowest BCUT2D eigenvalue weighted by molar-refractivity contribution is -0.129. The lowest BCUT2D eigenvalue weighted by atomic mass is 10.1. The molecule has 0 atom stereocenters. The minimum absolute atomic E-state index is 0.0915. The molecule has 1 amide bonds. The summed E-state index contributed by atoms with van der Waals surface area (Å²) in [5, 5.41) is 0. The summed E-state index contributed by atoms with van der Waals surface area (Å²) in [5.74, 6) is 0.308. The van der Waals surface area contributed by atoms with Crippen LogP contribution in [0.4, 0.5) is 0 Å². The lowest BCUT2D eigenvalue weighted by Crippen LogP contribution is -2.21. The van der Waals surface area contributed by atoms with E-state index in [2.05, 4.69) is 6.58 Å². The molecule has 1 aliphatic heterocycles. The zero-order valence-electron chi connectivity index (χ0n) is 5.97. The van der Waals surface area contributed by atoms with Crippen LogP contribution in [-0.4, -0.2) is 17.4 Å². The maximum absolute atomic E-state index is 11.4. The molecular formula is C8H11NO. The summed E-state index contributed by atoms with van der Waals surface area (Å²) in [6.45, 7) is 4.48. The summed E-state index contributed by atoms with van der Waals surface area (Å²) in [6, 6.07) is 0. The van der Waals surface area contributed by atoms with E-state index in [-0.39, 0.29) is 5.41 Å². The Morgan fingerprint density at radius 3 is 2.50 bits per heavy atom. The van der Waals surface area contributed by atoms with Gasteiger partial charge in [0.25, 0.3) is 0 Å². The minimum Gasteiger partial charge on any atom is -0.319 e. The van der Waals surface area contributed by atoms with Crippen LogP contribution in [0.2, 0.25) is 0 Å². The fourth-order valence-electron chi connectivity index (χ4n) is 1.64. The van der Waals surface area contributed by atoms with Crippen LogP contribution in [-0.2, 0) is 4.79 Å². The van der Waals surface area contributed by atoms with E-state index in [4.69, 9.17) is 0 Å². The first-order valence-corrected chi connectivity index (χ1v) is 3.72. The van der Waals surface area contributed by atoms with Crippen LogP contribution >= 0.6 is 0 Å². The summed E-state index contributed by atoms with van der Waals surface area (Å²) in [6.07, 6.45) is 4.92. The van der Waals surface area contributed by atoms with E-state index in [0.29, 0.717) is 5.91 Å². The van der Waals surface area contributed by atoms with E-state index >= 15 is 0 Å². The van der Waals surface area contributed by atoms with Crippen LogP contribution in [0.15, 0.2) is 12.8 Å². The fourth-order valence-corrected chi connectivity index (χ4v) is 1.64. The third-order valence-corrected chi connectivity index (χ3v) is 2.62. The van der Waals surface area contributed by atoms with Gasteiger partial charge in [0.1, 0.15) is 0 Å². The highest BCUT2D eigenvalue weighted by molar-refractivity contribution is 5.88. The Hall–Kier alpha value is -0.790. The second-order valence-corrected chi connectivity index (χ2v) is 3.21. The number of rotatable bonds is 1. The van der Waals surface area contributed by atoms with Crippen LogP contribution < -0.4 is 0 Å². The van der Waals surface area contributed by atoms with Gasteiger partial charge in [-0.25, -0.2) is 0 Å². The van der Waals surface area contributed by atoms with E-state index in [1.165, 1.54) is 0 Å². The van der Waals surface area contributed by atoms with E-state index in [1.807, 2.05) is 0 Å². The van der Waals surface area contributed by atoms with Crippen LogP contribution in [0.5, 0.6) is 0 Å². The Morgan fingerprint density at radius 2 is 2.20 bits per heavy atom. The molecule has 1 heterocycles. The number of likely N-dealkylation sites (tertiary alicyclic amines) is 1. The van der Waals surface area contributed by atoms with Crippen molar-refractivity contribution < 1.29 is 4.79 Å². The average Bonchev–Trinajstić information content (AvgIpc) is 2.63. The molecule has 1 saturated heterocycles. The van der Waals surface area contributed by atoms with Gasteiger partial charge in [0.15, 0.2) is 0 Å². The van der Waals surface area contributed by atoms with Crippen LogP contribution in [0, 0.1) is 5.41 Å². The lowest BCUT2D eigenvalue weighted by Gasteiger charge is -2.08. The molecule has 2 heteroatoms. The molecule has 1 saturated carbocycles. The highest BCUT2D eigenvalue weighted by Crippen LogP contribution is 2.53. The van der Waals surface area contributed by atoms with Gasteiger partial charge in [-0.2, -0.15) is 0 Å². The smallest absolute Gasteiger partial charge is 0.232 e. The summed E-state index contributed by atoms with van der Waals surface area (Å²) >= 11 is 0. The summed E-state index contributed by atoms with van der Waals surface area (Å²) < 4.78 is 0. The van der Waals surface area contributed by atoms with Gasteiger partial charge >= 0.3 is 0 Å². The van der Waals surface area contributed by atoms with Crippen molar-refractivity contribution in [3.05, 3.63) is 12.8 Å². The van der Waals surface area contributed by atoms with E-state index in [1.54, 1.807) is 11.1 Å². The van der Waals surface area contributed by atoms with Gasteiger partial charge < -0.3 is 4.90 Å². The molecule has 2 nitrogen and oxygen atoms in total. The van der Waals surface area contributed by atoms with Crippen LogP contribution in [0.1, 0.15) is 19.3 Å². The molecule has 0 aromatic heterocycles. The third-order valence-electron chi connectivity index (χ3n) is 2.62. The second kappa shape index (κ2) is 1.62. The average molecular weight is 137 g/mol. The molecule has 54 valence electrons. The molecule has 0 radical (unpaired) electrons. The number of carbonyl (C=O) groups excluding carboxylic acids is 1. The molecule has 2 fully saturated rings. The molecule has 2 rings (SSSR count). The standard InChI is InChI=1S/C8H11NO/c1-2-9-6-5-8(3-4-8)7(9)10/h2H,1,3-6H2. The van der Waals surface area contributed by atoms with Crippen molar-refractivity contribution in [2.45, 2.75) is 19.3 Å². The summed E-state index contributed by atoms with van der Waals surface area (Å²) in [4.78, 5) is 13.1. The van der Waals surface area contributed by atoms with Gasteiger partial charge in [-0.15, -0.1) is 0 Å². The number of amides is 1. The third kappa shape index (κ3) is 0.564. The molecule has 1 aliphatic carbocycles. The van der Waals surface area contributed by atoms with Gasteiger partial charge in [0.05, 0.1) is 5.41 Å². The molecule has 0 unspecified atom stereocenters. The highest BCUT2D eigenvalue weighted by atomic mass is 16.2. The quantitative estimate of drug-likeness (QED) is 0.530. The SMILES string of the molecule is C=CN1CCC2(CC2)C1=O. The van der Waals surface area contributed by atoms with Crippen molar-refractivity contribution in [1.29, 1.82) is 0 Å². The van der Waals surface area contributed by atoms with Gasteiger partial charge in [0, 0.05) is 6.54 Å². The molecule has 0 bridgehead atoms. The number of hydrogen-bond acceptors (Lipinski definition) is 1. The van der Waals surface area contributed by atoms with E-state index < -0.39 is 0 Å². The van der Waals surface area contributed by atoms with E-state index in [9.17, 15) is 4.79 Å². The van der Waals surface area contributed by atoms with Crippen molar-refractivity contribution in [2.75, 3.05) is 6.54 Å².